The maximum absolute atomic E-state index is 13.2. The molecule has 0 unspecified atom stereocenters. The van der Waals surface area contributed by atoms with Crippen molar-refractivity contribution in [3.8, 4) is 11.9 Å². The van der Waals surface area contributed by atoms with E-state index in [0.717, 1.165) is 30.5 Å². The fourth-order valence-corrected chi connectivity index (χ4v) is 5.21. The lowest BCUT2D eigenvalue weighted by Crippen LogP contribution is -2.39. The number of benzene rings is 1. The number of anilines is 2. The van der Waals surface area contributed by atoms with E-state index in [-0.39, 0.29) is 11.7 Å². The Morgan fingerprint density at radius 3 is 2.68 bits per heavy atom. The lowest BCUT2D eigenvalue weighted by molar-refractivity contribution is 0.0224. The Balaban J connectivity index is 1.32. The lowest BCUT2D eigenvalue weighted by Gasteiger charge is -2.31. The van der Waals surface area contributed by atoms with Crippen molar-refractivity contribution in [2.75, 3.05) is 11.9 Å². The van der Waals surface area contributed by atoms with Gasteiger partial charge in [-0.05, 0) is 82.3 Å². The van der Waals surface area contributed by atoms with Crippen LogP contribution in [-0.4, -0.2) is 47.5 Å². The molecule has 41 heavy (non-hydrogen) atoms. The van der Waals surface area contributed by atoms with Crippen LogP contribution >= 0.6 is 0 Å². The molecule has 0 spiro atoms. The van der Waals surface area contributed by atoms with Gasteiger partial charge in [-0.2, -0.15) is 10.2 Å². The van der Waals surface area contributed by atoms with Crippen molar-refractivity contribution < 1.29 is 9.53 Å². The molecule has 1 aliphatic heterocycles. The smallest absolute Gasteiger partial charge is 0.410 e. The molecule has 6 rings (SSSR count). The molecule has 2 aliphatic rings. The first-order valence-electron chi connectivity index (χ1n) is 13.9. The van der Waals surface area contributed by atoms with E-state index in [1.54, 1.807) is 14.3 Å². The molecule has 1 N–H and O–H groups in total. The van der Waals surface area contributed by atoms with Gasteiger partial charge in [0.1, 0.15) is 11.0 Å². The summed E-state index contributed by atoms with van der Waals surface area (Å²) in [6.07, 6.45) is 3.50. The maximum Gasteiger partial charge on any atom is 0.410 e. The predicted octanol–water partition coefficient (Wildman–Crippen LogP) is 4.59. The molecule has 4 aromatic rings. The molecule has 1 amide bonds. The molecular weight excluding hydrogens is 520 g/mol. The number of carbonyl (C=O) groups is 1. The summed E-state index contributed by atoms with van der Waals surface area (Å²) >= 11 is 0. The van der Waals surface area contributed by atoms with Gasteiger partial charge in [-0.15, -0.1) is 0 Å². The van der Waals surface area contributed by atoms with Crippen LogP contribution in [0.3, 0.4) is 0 Å². The molecular formula is C30H32N8O3. The van der Waals surface area contributed by atoms with Crippen molar-refractivity contribution in [3.63, 3.8) is 0 Å². The second kappa shape index (κ2) is 9.73. The van der Waals surface area contributed by atoms with E-state index in [1.807, 2.05) is 64.1 Å². The van der Waals surface area contributed by atoms with Crippen molar-refractivity contribution in [1.82, 2.24) is 29.2 Å². The Labute approximate surface area is 237 Å². The Hall–Kier alpha value is -4.72. The number of pyridine rings is 1. The fraction of sp³-hybridized carbons (Fsp3) is 0.400. The minimum absolute atomic E-state index is 0.210. The van der Waals surface area contributed by atoms with Gasteiger partial charge in [-0.25, -0.2) is 24.1 Å². The van der Waals surface area contributed by atoms with Crippen LogP contribution in [0, 0.1) is 11.3 Å². The second-order valence-electron chi connectivity index (χ2n) is 11.6. The predicted molar refractivity (Wildman–Crippen MR) is 153 cm³/mol. The Morgan fingerprint density at radius 1 is 1.17 bits per heavy atom. The fourth-order valence-electron chi connectivity index (χ4n) is 5.21. The Morgan fingerprint density at radius 2 is 1.98 bits per heavy atom. The summed E-state index contributed by atoms with van der Waals surface area (Å²) in [4.78, 5) is 41.5. The number of nitrogens with one attached hydrogen (secondary N) is 1. The number of amides is 1. The van der Waals surface area contributed by atoms with Crippen molar-refractivity contribution in [3.05, 3.63) is 69.8 Å². The molecule has 11 nitrogen and oxygen atoms in total. The van der Waals surface area contributed by atoms with Crippen LogP contribution in [0.1, 0.15) is 57.4 Å². The highest BCUT2D eigenvalue weighted by Gasteiger charge is 2.46. The van der Waals surface area contributed by atoms with Gasteiger partial charge in [-0.3, -0.25) is 4.79 Å². The molecule has 4 heterocycles. The summed E-state index contributed by atoms with van der Waals surface area (Å²) < 4.78 is 8.84. The van der Waals surface area contributed by atoms with E-state index in [0.29, 0.717) is 48.1 Å². The first-order valence-corrected chi connectivity index (χ1v) is 13.9. The summed E-state index contributed by atoms with van der Waals surface area (Å²) in [6.45, 7) is 8.93. The summed E-state index contributed by atoms with van der Waals surface area (Å²) in [7, 11) is 0. The summed E-state index contributed by atoms with van der Waals surface area (Å²) in [5.41, 5.74) is 2.78. The van der Waals surface area contributed by atoms with Gasteiger partial charge < -0.3 is 15.0 Å². The third-order valence-corrected chi connectivity index (χ3v) is 7.51. The zero-order chi connectivity index (χ0) is 28.9. The number of nitrogens with zero attached hydrogens (tertiary/aromatic N) is 7. The largest absolute Gasteiger partial charge is 0.444 e. The van der Waals surface area contributed by atoms with Crippen molar-refractivity contribution in [1.29, 1.82) is 5.26 Å². The van der Waals surface area contributed by atoms with Crippen LogP contribution in [0.5, 0.6) is 0 Å². The SMILES string of the molecule is CCn1c(=O)c2cnc(Nc3ccc4c(c3)CN(C(=O)OC(C)(C)C)CC4)nc2n1-c1cccc(C2(C#N)CC2)n1. The number of hydrogen-bond donors (Lipinski definition) is 1. The maximum atomic E-state index is 13.2. The number of ether oxygens (including phenoxy) is 1. The van der Waals surface area contributed by atoms with E-state index in [4.69, 9.17) is 14.7 Å². The molecule has 210 valence electrons. The quantitative estimate of drug-likeness (QED) is 0.380. The summed E-state index contributed by atoms with van der Waals surface area (Å²) in [5.74, 6) is 0.852. The third kappa shape index (κ3) is 4.90. The zero-order valence-corrected chi connectivity index (χ0v) is 23.6. The number of aromatic nitrogens is 5. The van der Waals surface area contributed by atoms with Gasteiger partial charge in [0, 0.05) is 31.5 Å². The van der Waals surface area contributed by atoms with Crippen molar-refractivity contribution in [2.45, 2.75) is 71.1 Å². The van der Waals surface area contributed by atoms with E-state index in [1.165, 1.54) is 11.8 Å². The molecule has 3 aromatic heterocycles. The Bertz CT molecular complexity index is 1770. The third-order valence-electron chi connectivity index (χ3n) is 7.51. The molecule has 0 bridgehead atoms. The molecule has 0 atom stereocenters. The first kappa shape index (κ1) is 26.5. The highest BCUT2D eigenvalue weighted by atomic mass is 16.6. The average Bonchev–Trinajstić information content (AvgIpc) is 3.70. The highest BCUT2D eigenvalue weighted by Crippen LogP contribution is 2.46. The van der Waals surface area contributed by atoms with Crippen LogP contribution < -0.4 is 10.9 Å². The van der Waals surface area contributed by atoms with Crippen LogP contribution in [-0.2, 0) is 29.7 Å². The highest BCUT2D eigenvalue weighted by molar-refractivity contribution is 5.77. The normalized spacial score (nSPS) is 15.7. The second-order valence-corrected chi connectivity index (χ2v) is 11.6. The van der Waals surface area contributed by atoms with Crippen LogP contribution in [0.2, 0.25) is 0 Å². The lowest BCUT2D eigenvalue weighted by atomic mass is 9.99. The molecule has 1 aromatic carbocycles. The van der Waals surface area contributed by atoms with Gasteiger partial charge in [0.15, 0.2) is 11.5 Å². The van der Waals surface area contributed by atoms with Gasteiger partial charge in [-0.1, -0.05) is 12.1 Å². The average molecular weight is 553 g/mol. The van der Waals surface area contributed by atoms with E-state index >= 15 is 0 Å². The van der Waals surface area contributed by atoms with Crippen LogP contribution in [0.15, 0.2) is 47.4 Å². The standard InChI is InChI=1S/C30H32N8O3/c1-5-37-26(39)22-16-32-27(35-25(22)38(37)24-8-6-7-23(34-24)30(18-31)12-13-30)33-21-10-9-19-11-14-36(17-20(19)15-21)28(40)41-29(2,3)4/h6-10,15-16H,5,11-14,17H2,1-4H3,(H,32,33,35). The van der Waals surface area contributed by atoms with E-state index in [9.17, 15) is 14.9 Å². The van der Waals surface area contributed by atoms with Crippen LogP contribution in [0.25, 0.3) is 16.9 Å². The van der Waals surface area contributed by atoms with E-state index < -0.39 is 11.0 Å². The molecule has 1 fully saturated rings. The van der Waals surface area contributed by atoms with Gasteiger partial charge in [0.2, 0.25) is 5.95 Å². The van der Waals surface area contributed by atoms with Gasteiger partial charge in [0.25, 0.3) is 5.56 Å². The molecule has 0 radical (unpaired) electrons. The van der Waals surface area contributed by atoms with Gasteiger partial charge >= 0.3 is 6.09 Å². The molecule has 1 saturated carbocycles. The number of fused-ring (bicyclic) bond motifs is 2. The minimum atomic E-state index is -0.555. The van der Waals surface area contributed by atoms with Crippen LogP contribution in [0.4, 0.5) is 16.4 Å². The van der Waals surface area contributed by atoms with E-state index in [2.05, 4.69) is 16.4 Å². The minimum Gasteiger partial charge on any atom is -0.444 e. The van der Waals surface area contributed by atoms with Crippen molar-refractivity contribution in [2.24, 2.45) is 0 Å². The number of hydrogen-bond acceptors (Lipinski definition) is 8. The monoisotopic (exact) mass is 552 g/mol. The van der Waals surface area contributed by atoms with Crippen molar-refractivity contribution >= 4 is 28.8 Å². The molecule has 1 aliphatic carbocycles. The Kier molecular flexibility index (Phi) is 6.29. The topological polar surface area (TPSA) is 131 Å². The summed E-state index contributed by atoms with van der Waals surface area (Å²) in [6, 6.07) is 13.9. The number of nitriles is 1. The molecule has 0 saturated heterocycles. The molecule has 11 heteroatoms. The number of carbonyl (C=O) groups excluding carboxylic acids is 1. The number of rotatable bonds is 5. The zero-order valence-electron chi connectivity index (χ0n) is 23.6. The van der Waals surface area contributed by atoms with Gasteiger partial charge in [0.05, 0.1) is 17.2 Å². The summed E-state index contributed by atoms with van der Waals surface area (Å²) in [5, 5.41) is 13.3. The first-order chi connectivity index (χ1) is 19.6.